The molecule has 2 saturated carbocycles. The summed E-state index contributed by atoms with van der Waals surface area (Å²) in [6, 6.07) is 5.05. The third kappa shape index (κ3) is 2.38. The van der Waals surface area contributed by atoms with Crippen LogP contribution in [0.1, 0.15) is 31.2 Å². The van der Waals surface area contributed by atoms with Crippen molar-refractivity contribution in [2.75, 3.05) is 11.5 Å². The Bertz CT molecular complexity index is 594. The van der Waals surface area contributed by atoms with E-state index in [4.69, 9.17) is 5.73 Å². The number of nitrogens with two attached hydrogens (primary N) is 1. The van der Waals surface area contributed by atoms with E-state index in [0.717, 1.165) is 17.9 Å². The number of anilines is 1. The van der Waals surface area contributed by atoms with Gasteiger partial charge in [0.1, 0.15) is 0 Å². The Morgan fingerprint density at radius 2 is 2.05 bits per heavy atom. The third-order valence-electron chi connectivity index (χ3n) is 4.92. The number of nitrogen functional groups attached to an aromatic ring is 1. The van der Waals surface area contributed by atoms with Gasteiger partial charge in [-0.25, -0.2) is 8.42 Å². The molecule has 3 rings (SSSR count). The first-order valence-electron chi connectivity index (χ1n) is 7.04. The lowest BCUT2D eigenvalue weighted by Crippen LogP contribution is -2.21. The van der Waals surface area contributed by atoms with Crippen LogP contribution in [0.3, 0.4) is 0 Å². The van der Waals surface area contributed by atoms with Crippen LogP contribution >= 0.6 is 0 Å². The van der Waals surface area contributed by atoms with Crippen molar-refractivity contribution in [3.63, 3.8) is 0 Å². The Kier molecular flexibility index (Phi) is 3.08. The summed E-state index contributed by atoms with van der Waals surface area (Å²) in [5.74, 6) is 2.13. The van der Waals surface area contributed by atoms with Crippen molar-refractivity contribution in [3.8, 4) is 0 Å². The molecule has 1 aromatic carbocycles. The standard InChI is InChI=1S/C15H21NO2S/c1-10-6-14(4-5-15(10)16)19(17,18)9-13-8-11-2-3-12(13)7-11/h4-6,11-13H,2-3,7-9,16H2,1H3. The van der Waals surface area contributed by atoms with Crippen LogP contribution in [0.15, 0.2) is 23.1 Å². The van der Waals surface area contributed by atoms with Crippen molar-refractivity contribution in [2.45, 2.75) is 37.5 Å². The normalized spacial score (nSPS) is 29.8. The maximum Gasteiger partial charge on any atom is 0.178 e. The Balaban J connectivity index is 1.80. The van der Waals surface area contributed by atoms with Crippen molar-refractivity contribution in [2.24, 2.45) is 17.8 Å². The zero-order chi connectivity index (χ0) is 13.6. The van der Waals surface area contributed by atoms with Crippen molar-refractivity contribution >= 4 is 15.5 Å². The highest BCUT2D eigenvalue weighted by atomic mass is 32.2. The lowest BCUT2D eigenvalue weighted by atomic mass is 9.90. The molecule has 0 amide bonds. The van der Waals surface area contributed by atoms with E-state index in [-0.39, 0.29) is 0 Å². The van der Waals surface area contributed by atoms with Gasteiger partial charge in [0.15, 0.2) is 9.84 Å². The van der Waals surface area contributed by atoms with E-state index in [9.17, 15) is 8.42 Å². The predicted octanol–water partition coefficient (Wildman–Crippen LogP) is 2.79. The minimum Gasteiger partial charge on any atom is -0.399 e. The summed E-state index contributed by atoms with van der Waals surface area (Å²) >= 11 is 0. The van der Waals surface area contributed by atoms with Crippen molar-refractivity contribution < 1.29 is 8.42 Å². The first-order chi connectivity index (χ1) is 8.95. The molecule has 1 aromatic rings. The summed E-state index contributed by atoms with van der Waals surface area (Å²) < 4.78 is 25.0. The molecule has 2 bridgehead atoms. The first kappa shape index (κ1) is 13.0. The second kappa shape index (κ2) is 4.51. The molecule has 4 heteroatoms. The van der Waals surface area contributed by atoms with E-state index >= 15 is 0 Å². The SMILES string of the molecule is Cc1cc(S(=O)(=O)CC2CC3CCC2C3)ccc1N. The van der Waals surface area contributed by atoms with E-state index in [1.54, 1.807) is 18.2 Å². The van der Waals surface area contributed by atoms with Gasteiger partial charge < -0.3 is 5.73 Å². The fourth-order valence-electron chi connectivity index (χ4n) is 3.80. The molecule has 0 aromatic heterocycles. The fourth-order valence-corrected chi connectivity index (χ4v) is 5.60. The second-order valence-corrected chi connectivity index (χ2v) is 8.27. The van der Waals surface area contributed by atoms with Crippen LogP contribution in [0.4, 0.5) is 5.69 Å². The molecule has 0 heterocycles. The molecule has 0 saturated heterocycles. The smallest absolute Gasteiger partial charge is 0.178 e. The molecule has 3 atom stereocenters. The number of rotatable bonds is 3. The monoisotopic (exact) mass is 279 g/mol. The average molecular weight is 279 g/mol. The summed E-state index contributed by atoms with van der Waals surface area (Å²) in [5, 5.41) is 0. The highest BCUT2D eigenvalue weighted by Gasteiger charge is 2.41. The van der Waals surface area contributed by atoms with Crippen molar-refractivity contribution in [1.82, 2.24) is 0 Å². The van der Waals surface area contributed by atoms with Gasteiger partial charge in [0, 0.05) is 5.69 Å². The molecule has 0 radical (unpaired) electrons. The van der Waals surface area contributed by atoms with Gasteiger partial charge in [-0.3, -0.25) is 0 Å². The quantitative estimate of drug-likeness (QED) is 0.865. The summed E-state index contributed by atoms with van der Waals surface area (Å²) in [6.45, 7) is 1.85. The van der Waals surface area contributed by atoms with E-state index in [1.807, 2.05) is 6.92 Å². The van der Waals surface area contributed by atoms with Gasteiger partial charge in [-0.1, -0.05) is 6.42 Å². The molecule has 2 fully saturated rings. The Labute approximate surface area is 115 Å². The zero-order valence-corrected chi connectivity index (χ0v) is 12.1. The third-order valence-corrected chi connectivity index (χ3v) is 6.76. The molecule has 2 N–H and O–H groups in total. The minimum absolute atomic E-state index is 0.317. The zero-order valence-electron chi connectivity index (χ0n) is 11.3. The number of sulfone groups is 1. The summed E-state index contributed by atoms with van der Waals surface area (Å²) in [4.78, 5) is 0.432. The van der Waals surface area contributed by atoms with Crippen molar-refractivity contribution in [1.29, 1.82) is 0 Å². The summed E-state index contributed by atoms with van der Waals surface area (Å²) in [7, 11) is -3.16. The highest BCUT2D eigenvalue weighted by molar-refractivity contribution is 7.91. The van der Waals surface area contributed by atoms with Crippen LogP contribution in [-0.4, -0.2) is 14.2 Å². The van der Waals surface area contributed by atoms with E-state index in [2.05, 4.69) is 0 Å². The molecule has 3 unspecified atom stereocenters. The topological polar surface area (TPSA) is 60.2 Å². The highest BCUT2D eigenvalue weighted by Crippen LogP contribution is 2.49. The molecule has 104 valence electrons. The van der Waals surface area contributed by atoms with Gasteiger partial charge in [-0.2, -0.15) is 0 Å². The van der Waals surface area contributed by atoms with Crippen LogP contribution in [0, 0.1) is 24.7 Å². The van der Waals surface area contributed by atoms with Gasteiger partial charge in [-0.15, -0.1) is 0 Å². The maximum absolute atomic E-state index is 12.5. The maximum atomic E-state index is 12.5. The second-order valence-electron chi connectivity index (χ2n) is 6.23. The van der Waals surface area contributed by atoms with Crippen molar-refractivity contribution in [3.05, 3.63) is 23.8 Å². The average Bonchev–Trinajstić information content (AvgIpc) is 2.94. The lowest BCUT2D eigenvalue weighted by Gasteiger charge is -2.21. The molecule has 0 spiro atoms. The van der Waals surface area contributed by atoms with Gasteiger partial charge in [-0.05, 0) is 67.7 Å². The van der Waals surface area contributed by atoms with Gasteiger partial charge in [0.05, 0.1) is 10.6 Å². The molecule has 0 aliphatic heterocycles. The van der Waals surface area contributed by atoms with Gasteiger partial charge in [0.2, 0.25) is 0 Å². The minimum atomic E-state index is -3.16. The van der Waals surface area contributed by atoms with E-state index < -0.39 is 9.84 Å². The molecule has 19 heavy (non-hydrogen) atoms. The number of fused-ring (bicyclic) bond motifs is 2. The number of hydrogen-bond acceptors (Lipinski definition) is 3. The lowest BCUT2D eigenvalue weighted by molar-refractivity contribution is 0.360. The van der Waals surface area contributed by atoms with Gasteiger partial charge in [0.25, 0.3) is 0 Å². The first-order valence-corrected chi connectivity index (χ1v) is 8.70. The Hall–Kier alpha value is -1.03. The number of hydrogen-bond donors (Lipinski definition) is 1. The summed E-state index contributed by atoms with van der Waals surface area (Å²) in [5.41, 5.74) is 7.24. The van der Waals surface area contributed by atoms with E-state index in [0.29, 0.717) is 28.2 Å². The van der Waals surface area contributed by atoms with Crippen LogP contribution in [0.5, 0.6) is 0 Å². The molecule has 2 aliphatic carbocycles. The van der Waals surface area contributed by atoms with Crippen LogP contribution in [-0.2, 0) is 9.84 Å². The molecule has 2 aliphatic rings. The fraction of sp³-hybridized carbons (Fsp3) is 0.600. The number of benzene rings is 1. The van der Waals surface area contributed by atoms with E-state index in [1.165, 1.54) is 19.3 Å². The number of aryl methyl sites for hydroxylation is 1. The predicted molar refractivity (Wildman–Crippen MR) is 76.6 cm³/mol. The van der Waals surface area contributed by atoms with Crippen LogP contribution < -0.4 is 5.73 Å². The van der Waals surface area contributed by atoms with Crippen LogP contribution in [0.25, 0.3) is 0 Å². The Morgan fingerprint density at radius 3 is 2.63 bits per heavy atom. The molecule has 3 nitrogen and oxygen atoms in total. The summed E-state index contributed by atoms with van der Waals surface area (Å²) in [6.07, 6.45) is 4.90. The van der Waals surface area contributed by atoms with Gasteiger partial charge >= 0.3 is 0 Å². The molecular weight excluding hydrogens is 258 g/mol. The largest absolute Gasteiger partial charge is 0.399 e. The van der Waals surface area contributed by atoms with Crippen LogP contribution in [0.2, 0.25) is 0 Å². The molecular formula is C15H21NO2S. The Morgan fingerprint density at radius 1 is 1.26 bits per heavy atom.